The number of nitrogens with zero attached hydrogens (tertiary/aromatic N) is 5. The van der Waals surface area contributed by atoms with Gasteiger partial charge < -0.3 is 24.2 Å². The fourth-order valence-corrected chi connectivity index (χ4v) is 5.71. The summed E-state index contributed by atoms with van der Waals surface area (Å²) in [7, 11) is 2.03. The summed E-state index contributed by atoms with van der Waals surface area (Å²) in [5.74, 6) is 0.511. The first kappa shape index (κ1) is 32.2. The number of benzene rings is 2. The molecule has 0 N–H and O–H groups in total. The lowest BCUT2D eigenvalue weighted by atomic mass is 10.1. The van der Waals surface area contributed by atoms with E-state index in [1.54, 1.807) is 4.90 Å². The predicted octanol–water partition coefficient (Wildman–Crippen LogP) is 5.23. The summed E-state index contributed by atoms with van der Waals surface area (Å²) in [6.45, 7) is 11.6. The number of anilines is 2. The van der Waals surface area contributed by atoms with Crippen molar-refractivity contribution in [1.29, 1.82) is 0 Å². The molecule has 0 aliphatic carbocycles. The number of carbonyl (C=O) groups is 2. The Hall–Kier alpha value is -2.72. The minimum Gasteiger partial charge on any atom is -0.494 e. The Morgan fingerprint density at radius 2 is 1.69 bits per heavy atom. The van der Waals surface area contributed by atoms with E-state index in [0.29, 0.717) is 41.2 Å². The van der Waals surface area contributed by atoms with Gasteiger partial charge in [-0.3, -0.25) is 14.6 Å². The molecule has 0 saturated carbocycles. The zero-order valence-corrected chi connectivity index (χ0v) is 26.5. The molecule has 2 aromatic rings. The van der Waals surface area contributed by atoms with Crippen LogP contribution in [-0.4, -0.2) is 106 Å². The quantitative estimate of drug-likeness (QED) is 0.252. The van der Waals surface area contributed by atoms with Crippen molar-refractivity contribution in [3.8, 4) is 5.75 Å². The monoisotopic (exact) mass is 619 g/mol. The van der Waals surface area contributed by atoms with E-state index in [4.69, 9.17) is 32.7 Å². The van der Waals surface area contributed by atoms with Gasteiger partial charge >= 0.3 is 6.09 Å². The Bertz CT molecular complexity index is 1200. The lowest BCUT2D eigenvalue weighted by Gasteiger charge is -2.36. The Labute approximate surface area is 259 Å². The number of aryl methyl sites for hydroxylation is 1. The first-order chi connectivity index (χ1) is 20.3. The fourth-order valence-electron chi connectivity index (χ4n) is 5.29. The summed E-state index contributed by atoms with van der Waals surface area (Å²) >= 11 is 12.6. The first-order valence-electron chi connectivity index (χ1n) is 14.8. The molecule has 9 nitrogen and oxygen atoms in total. The normalized spacial score (nSPS) is 16.4. The number of rotatable bonds is 11. The van der Waals surface area contributed by atoms with E-state index >= 15 is 0 Å². The number of hydrogen-bond acceptors (Lipinski definition) is 7. The fraction of sp³-hybridized carbons (Fsp3) is 0.548. The average Bonchev–Trinajstić information content (AvgIpc) is 2.99. The summed E-state index contributed by atoms with van der Waals surface area (Å²) < 4.78 is 11.6. The molecule has 0 unspecified atom stereocenters. The van der Waals surface area contributed by atoms with Gasteiger partial charge in [-0.2, -0.15) is 0 Å². The van der Waals surface area contributed by atoms with E-state index in [-0.39, 0.29) is 12.6 Å². The van der Waals surface area contributed by atoms with E-state index in [1.807, 2.05) is 50.4 Å². The zero-order chi connectivity index (χ0) is 30.1. The second kappa shape index (κ2) is 15.7. The van der Waals surface area contributed by atoms with Crippen LogP contribution in [0.2, 0.25) is 10.0 Å². The Morgan fingerprint density at radius 1 is 0.952 bits per heavy atom. The van der Waals surface area contributed by atoms with Crippen LogP contribution in [0.5, 0.6) is 5.75 Å². The van der Waals surface area contributed by atoms with Crippen LogP contribution in [0.4, 0.5) is 16.2 Å². The number of piperazine rings is 2. The molecule has 0 radical (unpaired) electrons. The summed E-state index contributed by atoms with van der Waals surface area (Å²) in [5.41, 5.74) is 2.71. The second-order valence-corrected chi connectivity index (χ2v) is 11.7. The third kappa shape index (κ3) is 8.66. The lowest BCUT2D eigenvalue weighted by molar-refractivity contribution is -0.117. The minimum atomic E-state index is -0.394. The van der Waals surface area contributed by atoms with Gasteiger partial charge in [0.25, 0.3) is 0 Å². The molecule has 2 aliphatic heterocycles. The van der Waals surface area contributed by atoms with E-state index < -0.39 is 6.09 Å². The van der Waals surface area contributed by atoms with Crippen LogP contribution in [0.15, 0.2) is 36.4 Å². The summed E-state index contributed by atoms with van der Waals surface area (Å²) in [5, 5.41) is 1.21. The highest BCUT2D eigenvalue weighted by atomic mass is 35.5. The van der Waals surface area contributed by atoms with Gasteiger partial charge in [-0.25, -0.2) is 4.79 Å². The molecule has 0 atom stereocenters. The number of carbonyl (C=O) groups excluding carboxylic acids is 2. The maximum absolute atomic E-state index is 12.6. The van der Waals surface area contributed by atoms with Gasteiger partial charge in [0.1, 0.15) is 5.75 Å². The second-order valence-electron chi connectivity index (χ2n) is 10.9. The highest BCUT2D eigenvalue weighted by molar-refractivity contribution is 6.43. The van der Waals surface area contributed by atoms with Crippen molar-refractivity contribution < 1.29 is 19.1 Å². The van der Waals surface area contributed by atoms with Crippen molar-refractivity contribution >= 4 is 46.6 Å². The van der Waals surface area contributed by atoms with Crippen LogP contribution >= 0.6 is 23.2 Å². The topological polar surface area (TPSA) is 68.8 Å². The molecule has 11 heteroatoms. The van der Waals surface area contributed by atoms with Crippen LogP contribution in [0.3, 0.4) is 0 Å². The summed E-state index contributed by atoms with van der Waals surface area (Å²) in [6, 6.07) is 11.6. The summed E-state index contributed by atoms with van der Waals surface area (Å²) in [4.78, 5) is 35.3. The van der Waals surface area contributed by atoms with E-state index in [0.717, 1.165) is 76.3 Å². The number of ether oxygens (including phenoxy) is 2. The smallest absolute Gasteiger partial charge is 0.411 e. The lowest BCUT2D eigenvalue weighted by Crippen LogP contribution is -2.48. The van der Waals surface area contributed by atoms with Crippen molar-refractivity contribution in [2.75, 3.05) is 89.1 Å². The van der Waals surface area contributed by atoms with Crippen LogP contribution in [0.25, 0.3) is 0 Å². The number of hydrogen-bond donors (Lipinski definition) is 0. The molecule has 2 aliphatic rings. The Morgan fingerprint density at radius 3 is 2.38 bits per heavy atom. The molecular formula is C31H43Cl2N5O4. The summed E-state index contributed by atoms with van der Waals surface area (Å²) in [6.07, 6.45) is 2.29. The first-order valence-corrected chi connectivity index (χ1v) is 15.6. The molecule has 2 fully saturated rings. The van der Waals surface area contributed by atoms with E-state index in [2.05, 4.69) is 14.7 Å². The van der Waals surface area contributed by atoms with Crippen molar-refractivity contribution in [2.24, 2.45) is 0 Å². The highest BCUT2D eigenvalue weighted by Gasteiger charge is 2.23. The third-order valence-corrected chi connectivity index (χ3v) is 8.78. The maximum Gasteiger partial charge on any atom is 0.411 e. The molecule has 2 amide bonds. The van der Waals surface area contributed by atoms with Crippen LogP contribution in [0, 0.1) is 0 Å². The standard InChI is InChI=1S/C31H43Cl2N5O4/c1-4-25-10-11-26(22-29(25)38(24(2)39)23-42-31(40)37-17-13-34(3)14-18-37)41-21-6-5-12-35-15-19-36(20-16-35)28-9-7-8-27(32)30(28)33/h7-11,22H,4-6,12-21,23H2,1-3H3. The molecular weight excluding hydrogens is 577 g/mol. The van der Waals surface area contributed by atoms with E-state index in [9.17, 15) is 9.59 Å². The minimum absolute atomic E-state index is 0.131. The number of amides is 2. The van der Waals surface area contributed by atoms with Crippen molar-refractivity contribution in [3.63, 3.8) is 0 Å². The maximum atomic E-state index is 12.6. The van der Waals surface area contributed by atoms with Gasteiger partial charge in [-0.1, -0.05) is 42.3 Å². The highest BCUT2D eigenvalue weighted by Crippen LogP contribution is 2.33. The van der Waals surface area contributed by atoms with Gasteiger partial charge in [0, 0.05) is 65.3 Å². The molecule has 2 aromatic carbocycles. The van der Waals surface area contributed by atoms with E-state index in [1.165, 1.54) is 11.8 Å². The predicted molar refractivity (Wildman–Crippen MR) is 169 cm³/mol. The zero-order valence-electron chi connectivity index (χ0n) is 25.0. The van der Waals surface area contributed by atoms with Crippen LogP contribution < -0.4 is 14.5 Å². The molecule has 2 heterocycles. The van der Waals surface area contributed by atoms with Gasteiger partial charge in [0.15, 0.2) is 6.73 Å². The SMILES string of the molecule is CCc1ccc(OCCCCN2CCN(c3cccc(Cl)c3Cl)CC2)cc1N(COC(=O)N1CCN(C)CC1)C(C)=O. The molecule has 0 aromatic heterocycles. The number of unbranched alkanes of at least 4 members (excludes halogenated alkanes) is 1. The molecule has 0 bridgehead atoms. The Balaban J connectivity index is 1.23. The molecule has 4 rings (SSSR count). The van der Waals surface area contributed by atoms with Crippen molar-refractivity contribution in [1.82, 2.24) is 14.7 Å². The van der Waals surface area contributed by atoms with Crippen LogP contribution in [-0.2, 0) is 16.0 Å². The molecule has 230 valence electrons. The molecule has 2 saturated heterocycles. The van der Waals surface area contributed by atoms with Gasteiger partial charge in [0.2, 0.25) is 5.91 Å². The van der Waals surface area contributed by atoms with Gasteiger partial charge in [-0.15, -0.1) is 0 Å². The van der Waals surface area contributed by atoms with Crippen LogP contribution in [0.1, 0.15) is 32.3 Å². The third-order valence-electron chi connectivity index (χ3n) is 7.97. The van der Waals surface area contributed by atoms with Crippen molar-refractivity contribution in [2.45, 2.75) is 33.1 Å². The average molecular weight is 621 g/mol. The number of likely N-dealkylation sites (N-methyl/N-ethyl adjacent to an activating group) is 1. The molecule has 42 heavy (non-hydrogen) atoms. The largest absolute Gasteiger partial charge is 0.494 e. The Kier molecular flexibility index (Phi) is 12.0. The van der Waals surface area contributed by atoms with Gasteiger partial charge in [-0.05, 0) is 56.6 Å². The van der Waals surface area contributed by atoms with Gasteiger partial charge in [0.05, 0.1) is 28.0 Å². The molecule has 0 spiro atoms. The number of halogens is 2. The van der Waals surface area contributed by atoms with Crippen molar-refractivity contribution in [3.05, 3.63) is 52.0 Å².